The third kappa shape index (κ3) is 5.22. The maximum absolute atomic E-state index is 13.0. The number of halogens is 3. The number of piperidine rings is 1. The number of aliphatic imine (C=N–C) groups is 1. The zero-order valence-electron chi connectivity index (χ0n) is 20.3. The van der Waals surface area contributed by atoms with Gasteiger partial charge in [-0.05, 0) is 61.4 Å². The summed E-state index contributed by atoms with van der Waals surface area (Å²) in [5.41, 5.74) is 3.74. The fourth-order valence-electron chi connectivity index (χ4n) is 5.73. The van der Waals surface area contributed by atoms with Gasteiger partial charge in [0, 0.05) is 62.3 Å². The highest BCUT2D eigenvalue weighted by molar-refractivity contribution is 5.81. The average molecular weight is 506 g/mol. The summed E-state index contributed by atoms with van der Waals surface area (Å²) in [4.78, 5) is 33.7. The molecule has 0 bridgehead atoms. The molecule has 5 rings (SSSR count). The van der Waals surface area contributed by atoms with Crippen molar-refractivity contribution in [3.8, 4) is 5.75 Å². The van der Waals surface area contributed by atoms with Crippen LogP contribution in [-0.2, 0) is 16.1 Å². The van der Waals surface area contributed by atoms with Gasteiger partial charge in [0.15, 0.2) is 0 Å². The minimum Gasteiger partial charge on any atom is -0.445 e. The van der Waals surface area contributed by atoms with Crippen LogP contribution in [0, 0.1) is 18.3 Å². The molecule has 2 amide bonds. The lowest BCUT2D eigenvalue weighted by atomic mass is 9.71. The summed E-state index contributed by atoms with van der Waals surface area (Å²) in [5.74, 6) is -0.0381. The van der Waals surface area contributed by atoms with Crippen molar-refractivity contribution in [2.24, 2.45) is 16.3 Å². The molecule has 2 saturated heterocycles. The van der Waals surface area contributed by atoms with E-state index in [0.29, 0.717) is 24.2 Å². The first-order valence-electron chi connectivity index (χ1n) is 12.4. The van der Waals surface area contributed by atoms with E-state index in [1.54, 1.807) is 11.8 Å². The molecular weight excluding hydrogens is 475 g/mol. The second kappa shape index (κ2) is 9.44. The summed E-state index contributed by atoms with van der Waals surface area (Å²) < 4.78 is 46.5. The highest BCUT2D eigenvalue weighted by Crippen LogP contribution is 2.43. The van der Waals surface area contributed by atoms with Gasteiger partial charge in [0.25, 0.3) is 0 Å². The van der Waals surface area contributed by atoms with Gasteiger partial charge < -0.3 is 19.3 Å². The highest BCUT2D eigenvalue weighted by Gasteiger charge is 2.48. The molecular formula is C26H30F3N3O4. The van der Waals surface area contributed by atoms with E-state index in [1.165, 1.54) is 23.8 Å². The van der Waals surface area contributed by atoms with Crippen LogP contribution in [0.5, 0.6) is 5.75 Å². The molecule has 3 heterocycles. The van der Waals surface area contributed by atoms with Crippen molar-refractivity contribution in [3.63, 3.8) is 0 Å². The lowest BCUT2D eigenvalue weighted by Gasteiger charge is -2.54. The predicted molar refractivity (Wildman–Crippen MR) is 125 cm³/mol. The van der Waals surface area contributed by atoms with Crippen LogP contribution in [0.4, 0.5) is 18.0 Å². The lowest BCUT2D eigenvalue weighted by molar-refractivity contribution is -0.274. The number of benzene rings is 1. The normalized spacial score (nSPS) is 22.9. The van der Waals surface area contributed by atoms with Gasteiger partial charge in [-0.1, -0.05) is 6.07 Å². The first-order chi connectivity index (χ1) is 17.1. The molecule has 10 heteroatoms. The number of allylic oxidation sites excluding steroid dienone is 2. The van der Waals surface area contributed by atoms with E-state index >= 15 is 0 Å². The van der Waals surface area contributed by atoms with Gasteiger partial charge in [0.05, 0.1) is 0 Å². The van der Waals surface area contributed by atoms with Crippen molar-refractivity contribution in [1.82, 2.24) is 9.80 Å². The Morgan fingerprint density at radius 2 is 1.92 bits per heavy atom. The Morgan fingerprint density at radius 1 is 1.17 bits per heavy atom. The fraction of sp³-hybridized carbons (Fsp3) is 0.577. The number of rotatable bonds is 4. The topological polar surface area (TPSA) is 71.4 Å². The minimum atomic E-state index is -4.75. The Balaban J connectivity index is 1.06. The Kier molecular flexibility index (Phi) is 6.46. The second-order valence-corrected chi connectivity index (χ2v) is 10.4. The number of amides is 2. The van der Waals surface area contributed by atoms with Crippen LogP contribution < -0.4 is 4.74 Å². The number of carbonyl (C=O) groups excluding carboxylic acids is 2. The Hall–Kier alpha value is -3.04. The van der Waals surface area contributed by atoms with Crippen LogP contribution in [0.15, 0.2) is 34.5 Å². The molecule has 7 nitrogen and oxygen atoms in total. The van der Waals surface area contributed by atoms with Crippen LogP contribution in [-0.4, -0.2) is 60.6 Å². The Bertz CT molecular complexity index is 1100. The van der Waals surface area contributed by atoms with E-state index in [2.05, 4.69) is 9.73 Å². The zero-order chi connectivity index (χ0) is 25.5. The number of ether oxygens (including phenoxy) is 2. The largest absolute Gasteiger partial charge is 0.573 e. The summed E-state index contributed by atoms with van der Waals surface area (Å²) in [6.45, 7) is 4.23. The van der Waals surface area contributed by atoms with Gasteiger partial charge in [0.2, 0.25) is 5.91 Å². The van der Waals surface area contributed by atoms with E-state index < -0.39 is 12.5 Å². The number of likely N-dealkylation sites (tertiary alicyclic amines) is 2. The molecule has 1 aromatic rings. The van der Waals surface area contributed by atoms with Crippen molar-refractivity contribution < 1.29 is 32.2 Å². The Morgan fingerprint density at radius 3 is 2.61 bits per heavy atom. The molecule has 1 spiro atoms. The quantitative estimate of drug-likeness (QED) is 0.579. The monoisotopic (exact) mass is 505 g/mol. The van der Waals surface area contributed by atoms with E-state index in [1.807, 2.05) is 11.1 Å². The number of carbonyl (C=O) groups is 2. The third-order valence-corrected chi connectivity index (χ3v) is 7.92. The molecule has 0 saturated carbocycles. The lowest BCUT2D eigenvalue weighted by Crippen LogP contribution is -2.63. The summed E-state index contributed by atoms with van der Waals surface area (Å²) in [6, 6.07) is 3.95. The van der Waals surface area contributed by atoms with Crippen LogP contribution in [0.2, 0.25) is 0 Å². The summed E-state index contributed by atoms with van der Waals surface area (Å²) in [7, 11) is 0. The molecule has 2 fully saturated rings. The van der Waals surface area contributed by atoms with E-state index in [-0.39, 0.29) is 29.6 Å². The van der Waals surface area contributed by atoms with E-state index in [4.69, 9.17) is 4.74 Å². The van der Waals surface area contributed by atoms with Crippen molar-refractivity contribution in [2.45, 2.75) is 58.4 Å². The average Bonchev–Trinajstić information content (AvgIpc) is 3.28. The van der Waals surface area contributed by atoms with Gasteiger partial charge in [-0.2, -0.15) is 0 Å². The van der Waals surface area contributed by atoms with Crippen LogP contribution >= 0.6 is 0 Å². The van der Waals surface area contributed by atoms with Crippen molar-refractivity contribution in [2.75, 3.05) is 26.2 Å². The number of alkyl halides is 3. The van der Waals surface area contributed by atoms with Crippen LogP contribution in [0.3, 0.4) is 0 Å². The summed E-state index contributed by atoms with van der Waals surface area (Å²) in [5, 5.41) is 0. The summed E-state index contributed by atoms with van der Waals surface area (Å²) >= 11 is 0. The van der Waals surface area contributed by atoms with Gasteiger partial charge >= 0.3 is 12.5 Å². The summed E-state index contributed by atoms with van der Waals surface area (Å²) in [6.07, 6.45) is 1.95. The van der Waals surface area contributed by atoms with Crippen LogP contribution in [0.25, 0.3) is 0 Å². The van der Waals surface area contributed by atoms with Crippen molar-refractivity contribution in [3.05, 3.63) is 40.6 Å². The molecule has 0 radical (unpaired) electrons. The molecule has 1 aromatic carbocycles. The molecule has 1 atom stereocenters. The van der Waals surface area contributed by atoms with Crippen molar-refractivity contribution in [1.29, 1.82) is 0 Å². The molecule has 0 aromatic heterocycles. The molecule has 36 heavy (non-hydrogen) atoms. The van der Waals surface area contributed by atoms with E-state index in [0.717, 1.165) is 57.3 Å². The molecule has 4 aliphatic rings. The maximum atomic E-state index is 13.0. The van der Waals surface area contributed by atoms with Gasteiger partial charge in [-0.15, -0.1) is 13.2 Å². The SMILES string of the molecule is Cc1cc(OC(F)(F)F)ccc1COC(=O)N1CCC2(CC1)CN(C(=O)C1CCC3=C(C1)N=CC3)C2. The van der Waals surface area contributed by atoms with E-state index in [9.17, 15) is 22.8 Å². The predicted octanol–water partition coefficient (Wildman–Crippen LogP) is 4.98. The zero-order valence-corrected chi connectivity index (χ0v) is 20.3. The number of hydrogen-bond acceptors (Lipinski definition) is 5. The number of hydrogen-bond donors (Lipinski definition) is 0. The van der Waals surface area contributed by atoms with Gasteiger partial charge in [-0.3, -0.25) is 9.79 Å². The second-order valence-electron chi connectivity index (χ2n) is 10.4. The molecule has 3 aliphatic heterocycles. The highest BCUT2D eigenvalue weighted by atomic mass is 19.4. The van der Waals surface area contributed by atoms with Gasteiger partial charge in [0.1, 0.15) is 12.4 Å². The van der Waals surface area contributed by atoms with Crippen LogP contribution in [0.1, 0.15) is 49.7 Å². The molecule has 1 aliphatic carbocycles. The smallest absolute Gasteiger partial charge is 0.445 e. The first kappa shape index (κ1) is 24.6. The fourth-order valence-corrected chi connectivity index (χ4v) is 5.73. The minimum absolute atomic E-state index is 0.0233. The maximum Gasteiger partial charge on any atom is 0.573 e. The molecule has 194 valence electrons. The van der Waals surface area contributed by atoms with Gasteiger partial charge in [-0.25, -0.2) is 4.79 Å². The molecule has 0 N–H and O–H groups in total. The van der Waals surface area contributed by atoms with Crippen molar-refractivity contribution >= 4 is 18.2 Å². The molecule has 1 unspecified atom stereocenters. The standard InChI is InChI=1S/C26H30F3N3O4/c1-17-12-21(36-26(27,28)29)5-4-20(17)14-35-24(34)31-10-7-25(8-11-31)15-32(16-25)23(33)19-3-2-18-6-9-30-22(18)13-19/h4-5,9,12,19H,2-3,6-8,10-11,13-16H2,1H3. The number of nitrogens with zero attached hydrogens (tertiary/aromatic N) is 3. The number of aryl methyl sites for hydroxylation is 1. The first-order valence-corrected chi connectivity index (χ1v) is 12.4. The third-order valence-electron chi connectivity index (χ3n) is 7.92. The Labute approximate surface area is 207 Å².